The minimum absolute atomic E-state index is 0.211. The number of aliphatic carboxylic acids is 1. The molecule has 0 aliphatic carbocycles. The number of hydrogen-bond acceptors (Lipinski definition) is 4. The first kappa shape index (κ1) is 13.9. The van der Waals surface area contributed by atoms with Gasteiger partial charge >= 0.3 is 5.97 Å². The van der Waals surface area contributed by atoms with E-state index in [2.05, 4.69) is 10.3 Å². The van der Waals surface area contributed by atoms with Gasteiger partial charge in [0.1, 0.15) is 0 Å². The van der Waals surface area contributed by atoms with Gasteiger partial charge in [0, 0.05) is 6.54 Å². The first-order valence-electron chi connectivity index (χ1n) is 4.86. The van der Waals surface area contributed by atoms with E-state index in [1.807, 2.05) is 13.8 Å². The Morgan fingerprint density at radius 3 is 2.27 bits per heavy atom. The summed E-state index contributed by atoms with van der Waals surface area (Å²) in [4.78, 5) is 26.3. The molecular weight excluding hydrogens is 200 g/mol. The largest absolute Gasteiger partial charge is 0.479 e. The number of carboxylic acids is 1. The average molecular weight is 218 g/mol. The number of amides is 1. The monoisotopic (exact) mass is 218 g/mol. The van der Waals surface area contributed by atoms with Crippen LogP contribution in [0.5, 0.6) is 0 Å². The fourth-order valence-corrected chi connectivity index (χ4v) is 1.22. The van der Waals surface area contributed by atoms with Crippen molar-refractivity contribution in [2.24, 2.45) is 11.1 Å². The van der Waals surface area contributed by atoms with Gasteiger partial charge in [-0.25, -0.2) is 10.3 Å². The Hall–Kier alpha value is -1.14. The van der Waals surface area contributed by atoms with E-state index >= 15 is 0 Å². The summed E-state index contributed by atoms with van der Waals surface area (Å²) in [6.07, 6.45) is 1.17. The second kappa shape index (κ2) is 6.36. The highest BCUT2D eigenvalue weighted by atomic mass is 16.7. The molecule has 0 rings (SSSR count). The van der Waals surface area contributed by atoms with Gasteiger partial charge in [-0.1, -0.05) is 13.8 Å². The lowest BCUT2D eigenvalue weighted by Crippen LogP contribution is -2.45. The molecule has 0 spiro atoms. The van der Waals surface area contributed by atoms with Gasteiger partial charge < -0.3 is 10.8 Å². The molecule has 0 atom stereocenters. The molecule has 0 radical (unpaired) electrons. The van der Waals surface area contributed by atoms with Gasteiger partial charge in [-0.05, 0) is 12.8 Å². The molecule has 6 heteroatoms. The quantitative estimate of drug-likeness (QED) is 0.517. The predicted molar refractivity (Wildman–Crippen MR) is 53.8 cm³/mol. The van der Waals surface area contributed by atoms with E-state index in [0.29, 0.717) is 12.8 Å². The van der Waals surface area contributed by atoms with Crippen LogP contribution in [0.4, 0.5) is 0 Å². The van der Waals surface area contributed by atoms with Crippen LogP contribution < -0.4 is 11.2 Å². The first-order chi connectivity index (χ1) is 7.02. The average Bonchev–Trinajstić information content (AvgIpc) is 2.21. The third-order valence-corrected chi connectivity index (χ3v) is 2.59. The Bertz CT molecular complexity index is 218. The molecule has 0 aromatic rings. The van der Waals surface area contributed by atoms with Crippen LogP contribution in [0.25, 0.3) is 0 Å². The Kier molecular flexibility index (Phi) is 5.88. The van der Waals surface area contributed by atoms with E-state index in [0.717, 1.165) is 0 Å². The second-order valence-electron chi connectivity index (χ2n) is 3.31. The molecule has 15 heavy (non-hydrogen) atoms. The van der Waals surface area contributed by atoms with Gasteiger partial charge in [0.05, 0.1) is 5.41 Å². The number of carbonyl (C=O) groups is 2. The fourth-order valence-electron chi connectivity index (χ4n) is 1.22. The second-order valence-corrected chi connectivity index (χ2v) is 3.31. The van der Waals surface area contributed by atoms with Crippen molar-refractivity contribution in [1.29, 1.82) is 0 Å². The molecule has 0 aromatic carbocycles. The highest BCUT2D eigenvalue weighted by molar-refractivity contribution is 5.82. The standard InChI is InChI=1S/C9H18N2O4/c1-3-9(4-2,6-10)8(14)11-15-5-7(12)13/h3-6,10H2,1-2H3,(H,11,14)(H,12,13). The van der Waals surface area contributed by atoms with Crippen molar-refractivity contribution >= 4 is 11.9 Å². The van der Waals surface area contributed by atoms with Crippen molar-refractivity contribution in [1.82, 2.24) is 5.48 Å². The highest BCUT2D eigenvalue weighted by Gasteiger charge is 2.33. The van der Waals surface area contributed by atoms with Gasteiger partial charge in [-0.3, -0.25) is 9.63 Å². The topological polar surface area (TPSA) is 102 Å². The summed E-state index contributed by atoms with van der Waals surface area (Å²) in [6.45, 7) is 3.36. The molecule has 0 heterocycles. The summed E-state index contributed by atoms with van der Waals surface area (Å²) < 4.78 is 0. The van der Waals surface area contributed by atoms with Crippen LogP contribution in [0.1, 0.15) is 26.7 Å². The molecule has 0 unspecified atom stereocenters. The molecular formula is C9H18N2O4. The Morgan fingerprint density at radius 2 is 1.93 bits per heavy atom. The molecule has 0 aliphatic heterocycles. The SMILES string of the molecule is CCC(CC)(CN)C(=O)NOCC(=O)O. The zero-order valence-corrected chi connectivity index (χ0v) is 9.08. The normalized spacial score (nSPS) is 11.1. The number of carbonyl (C=O) groups excluding carboxylic acids is 1. The maximum atomic E-state index is 11.6. The van der Waals surface area contributed by atoms with Crippen LogP contribution in [0.15, 0.2) is 0 Å². The highest BCUT2D eigenvalue weighted by Crippen LogP contribution is 2.24. The third kappa shape index (κ3) is 3.85. The van der Waals surface area contributed by atoms with Crippen molar-refractivity contribution < 1.29 is 19.5 Å². The molecule has 0 saturated carbocycles. The third-order valence-electron chi connectivity index (χ3n) is 2.59. The number of hydrogen-bond donors (Lipinski definition) is 3. The smallest absolute Gasteiger partial charge is 0.332 e. The number of carboxylic acid groups (broad SMARTS) is 1. The van der Waals surface area contributed by atoms with E-state index in [1.54, 1.807) is 0 Å². The molecule has 0 fully saturated rings. The Balaban J connectivity index is 4.21. The zero-order valence-electron chi connectivity index (χ0n) is 9.08. The predicted octanol–water partition coefficient (Wildman–Crippen LogP) is -0.116. The lowest BCUT2D eigenvalue weighted by Gasteiger charge is -2.27. The van der Waals surface area contributed by atoms with Gasteiger partial charge in [0.25, 0.3) is 5.91 Å². The Morgan fingerprint density at radius 1 is 1.40 bits per heavy atom. The number of nitrogens with two attached hydrogens (primary N) is 1. The molecule has 6 nitrogen and oxygen atoms in total. The summed E-state index contributed by atoms with van der Waals surface area (Å²) >= 11 is 0. The number of rotatable bonds is 7. The number of hydroxylamine groups is 1. The molecule has 0 bridgehead atoms. The fraction of sp³-hybridized carbons (Fsp3) is 0.778. The van der Waals surface area contributed by atoms with E-state index < -0.39 is 18.0 Å². The summed E-state index contributed by atoms with van der Waals surface area (Å²) in [5.41, 5.74) is 6.97. The first-order valence-corrected chi connectivity index (χ1v) is 4.86. The zero-order chi connectivity index (χ0) is 11.9. The number of nitrogens with one attached hydrogen (secondary N) is 1. The van der Waals surface area contributed by atoms with Crippen molar-refractivity contribution in [3.05, 3.63) is 0 Å². The van der Waals surface area contributed by atoms with Crippen molar-refractivity contribution in [2.75, 3.05) is 13.2 Å². The van der Waals surface area contributed by atoms with Crippen molar-refractivity contribution in [3.8, 4) is 0 Å². The minimum atomic E-state index is -1.14. The van der Waals surface area contributed by atoms with Crippen LogP contribution in [0.3, 0.4) is 0 Å². The van der Waals surface area contributed by atoms with Crippen molar-refractivity contribution in [2.45, 2.75) is 26.7 Å². The molecule has 0 saturated heterocycles. The van der Waals surface area contributed by atoms with Crippen LogP contribution in [-0.4, -0.2) is 30.1 Å². The van der Waals surface area contributed by atoms with Crippen LogP contribution in [-0.2, 0) is 14.4 Å². The van der Waals surface area contributed by atoms with E-state index in [1.165, 1.54) is 0 Å². The van der Waals surface area contributed by atoms with Crippen LogP contribution in [0.2, 0.25) is 0 Å². The summed E-state index contributed by atoms with van der Waals surface area (Å²) in [5.74, 6) is -1.50. The summed E-state index contributed by atoms with van der Waals surface area (Å²) in [5, 5.41) is 8.30. The molecule has 0 aromatic heterocycles. The van der Waals surface area contributed by atoms with E-state index in [9.17, 15) is 9.59 Å². The lowest BCUT2D eigenvalue weighted by atomic mass is 9.82. The minimum Gasteiger partial charge on any atom is -0.479 e. The maximum Gasteiger partial charge on any atom is 0.332 e. The molecule has 0 aliphatic rings. The summed E-state index contributed by atoms with van der Waals surface area (Å²) in [6, 6.07) is 0. The molecule has 88 valence electrons. The van der Waals surface area contributed by atoms with Crippen LogP contribution >= 0.6 is 0 Å². The van der Waals surface area contributed by atoms with Crippen molar-refractivity contribution in [3.63, 3.8) is 0 Å². The van der Waals surface area contributed by atoms with Gasteiger partial charge in [0.15, 0.2) is 6.61 Å². The van der Waals surface area contributed by atoms with Gasteiger partial charge in [-0.15, -0.1) is 0 Å². The molecule has 4 N–H and O–H groups in total. The Labute approximate surface area is 88.7 Å². The van der Waals surface area contributed by atoms with Gasteiger partial charge in [-0.2, -0.15) is 0 Å². The maximum absolute atomic E-state index is 11.6. The van der Waals surface area contributed by atoms with Crippen LogP contribution in [0, 0.1) is 5.41 Å². The van der Waals surface area contributed by atoms with E-state index in [-0.39, 0.29) is 12.5 Å². The summed E-state index contributed by atoms with van der Waals surface area (Å²) in [7, 11) is 0. The van der Waals surface area contributed by atoms with Gasteiger partial charge in [0.2, 0.25) is 0 Å². The van der Waals surface area contributed by atoms with E-state index in [4.69, 9.17) is 10.8 Å². The lowest BCUT2D eigenvalue weighted by molar-refractivity contribution is -0.153. The molecule has 1 amide bonds.